The van der Waals surface area contributed by atoms with Gasteiger partial charge < -0.3 is 15.5 Å². The molecule has 0 heterocycles. The molecule has 0 saturated carbocycles. The zero-order valence-corrected chi connectivity index (χ0v) is 32.7. The minimum atomic E-state index is -0.912. The number of carboxylic acids is 1. The van der Waals surface area contributed by atoms with E-state index in [4.69, 9.17) is 5.11 Å². The van der Waals surface area contributed by atoms with Crippen LogP contribution in [-0.2, 0) is 9.59 Å². The first kappa shape index (κ1) is 42.5. The molecule has 5 nitrogen and oxygen atoms in total. The van der Waals surface area contributed by atoms with Gasteiger partial charge in [-0.2, -0.15) is 0 Å². The number of aliphatic carboxylic acids is 1. The molecule has 1 aromatic carbocycles. The molecule has 1 aromatic rings. The molecule has 51 heavy (non-hydrogen) atoms. The summed E-state index contributed by atoms with van der Waals surface area (Å²) >= 11 is 0. The highest BCUT2D eigenvalue weighted by Crippen LogP contribution is 2.41. The van der Waals surface area contributed by atoms with Gasteiger partial charge in [0.05, 0.1) is 0 Å². The Bertz CT molecular complexity index is 1690. The number of phenols is 1. The Hall–Kier alpha value is -4.64. The van der Waals surface area contributed by atoms with Gasteiger partial charge in [-0.25, -0.2) is 4.79 Å². The third kappa shape index (κ3) is 15.8. The smallest absolute Gasteiger partial charge is 0.328 e. The van der Waals surface area contributed by atoms with Crippen molar-refractivity contribution < 1.29 is 19.8 Å². The number of carboxylic acid groups (broad SMARTS) is 1. The van der Waals surface area contributed by atoms with E-state index in [1.165, 1.54) is 72.5 Å². The van der Waals surface area contributed by atoms with Crippen LogP contribution >= 0.6 is 0 Å². The third-order valence-corrected chi connectivity index (χ3v) is 9.39. The summed E-state index contributed by atoms with van der Waals surface area (Å²) in [5, 5.41) is 20.7. The zero-order valence-electron chi connectivity index (χ0n) is 32.7. The first-order valence-electron chi connectivity index (χ1n) is 18.1. The van der Waals surface area contributed by atoms with Crippen LogP contribution in [0.5, 0.6) is 5.75 Å². The molecule has 0 radical (unpaired) electrons. The van der Waals surface area contributed by atoms with Crippen LogP contribution in [0, 0.1) is 10.8 Å². The van der Waals surface area contributed by atoms with Crippen LogP contribution in [0.1, 0.15) is 108 Å². The molecule has 2 aliphatic carbocycles. The molecule has 0 aromatic heterocycles. The van der Waals surface area contributed by atoms with Gasteiger partial charge in [0.1, 0.15) is 5.75 Å². The zero-order chi connectivity index (χ0) is 38.2. The molecule has 3 N–H and O–H groups in total. The van der Waals surface area contributed by atoms with Crippen molar-refractivity contribution in [3.8, 4) is 5.75 Å². The van der Waals surface area contributed by atoms with Gasteiger partial charge in [-0.3, -0.25) is 4.79 Å². The highest BCUT2D eigenvalue weighted by Gasteiger charge is 2.27. The van der Waals surface area contributed by atoms with Crippen LogP contribution in [0.2, 0.25) is 0 Å². The molecular formula is C46H61NO4. The molecule has 3 rings (SSSR count). The Morgan fingerprint density at radius 1 is 0.667 bits per heavy atom. The van der Waals surface area contributed by atoms with Crippen molar-refractivity contribution in [2.75, 3.05) is 5.32 Å². The first-order valence-corrected chi connectivity index (χ1v) is 18.1. The highest BCUT2D eigenvalue weighted by atomic mass is 16.4. The number of phenolic OH excluding ortho intramolecular Hbond substituents is 1. The van der Waals surface area contributed by atoms with Gasteiger partial charge in [0.15, 0.2) is 0 Å². The van der Waals surface area contributed by atoms with E-state index in [-0.39, 0.29) is 22.5 Å². The lowest BCUT2D eigenvalue weighted by Crippen LogP contribution is -2.19. The Kier molecular flexibility index (Phi) is 16.9. The third-order valence-electron chi connectivity index (χ3n) is 9.39. The van der Waals surface area contributed by atoms with Crippen molar-refractivity contribution in [3.05, 3.63) is 142 Å². The molecule has 5 heteroatoms. The van der Waals surface area contributed by atoms with Crippen molar-refractivity contribution in [2.24, 2.45) is 10.8 Å². The maximum Gasteiger partial charge on any atom is 0.328 e. The summed E-state index contributed by atoms with van der Waals surface area (Å²) in [6.07, 6.45) is 30.7. The van der Waals surface area contributed by atoms with Crippen molar-refractivity contribution in [1.29, 1.82) is 0 Å². The van der Waals surface area contributed by atoms with E-state index in [1.807, 2.05) is 31.2 Å². The Morgan fingerprint density at radius 3 is 1.51 bits per heavy atom. The normalized spacial score (nSPS) is 18.9. The van der Waals surface area contributed by atoms with Gasteiger partial charge in [0, 0.05) is 17.8 Å². The summed E-state index contributed by atoms with van der Waals surface area (Å²) in [6, 6.07) is 6.41. The van der Waals surface area contributed by atoms with Gasteiger partial charge in [0.25, 0.3) is 0 Å². The average molecular weight is 692 g/mol. The van der Waals surface area contributed by atoms with Crippen LogP contribution in [-0.4, -0.2) is 22.1 Å². The molecule has 0 unspecified atom stereocenters. The lowest BCUT2D eigenvalue weighted by molar-refractivity contribution is -0.131. The van der Waals surface area contributed by atoms with Crippen LogP contribution in [0.15, 0.2) is 142 Å². The van der Waals surface area contributed by atoms with Gasteiger partial charge in [-0.05, 0) is 137 Å². The van der Waals surface area contributed by atoms with E-state index in [1.54, 1.807) is 43.3 Å². The Labute approximate surface area is 308 Å². The predicted molar refractivity (Wildman–Crippen MR) is 217 cm³/mol. The minimum Gasteiger partial charge on any atom is -0.508 e. The Balaban J connectivity index is 0.000000368. The van der Waals surface area contributed by atoms with E-state index in [0.717, 1.165) is 16.7 Å². The fourth-order valence-corrected chi connectivity index (χ4v) is 6.49. The SMILES string of the molecule is CC1=C(/C=C/C(C)=C/C=C/C(C)=C/C(=O)Nc2ccc(O)cc2)C(C)(C)CCC1.CC1=C(/C=C/C(C)=C\C=C\C(C)=C\C(=O)O)C(C)(C)CCC1. The van der Waals surface area contributed by atoms with E-state index in [0.29, 0.717) is 5.69 Å². The molecule has 0 aliphatic heterocycles. The molecular weight excluding hydrogens is 631 g/mol. The van der Waals surface area contributed by atoms with E-state index >= 15 is 0 Å². The summed E-state index contributed by atoms with van der Waals surface area (Å²) in [7, 11) is 0. The largest absolute Gasteiger partial charge is 0.508 e. The lowest BCUT2D eigenvalue weighted by Gasteiger charge is -2.33. The molecule has 0 atom stereocenters. The summed E-state index contributed by atoms with van der Waals surface area (Å²) in [6.45, 7) is 21.6. The summed E-state index contributed by atoms with van der Waals surface area (Å²) in [5.41, 5.74) is 11.0. The second-order valence-electron chi connectivity index (χ2n) is 15.2. The van der Waals surface area contributed by atoms with E-state index < -0.39 is 5.97 Å². The summed E-state index contributed by atoms with van der Waals surface area (Å²) in [5.74, 6) is -0.933. The predicted octanol–water partition coefficient (Wildman–Crippen LogP) is 12.5. The van der Waals surface area contributed by atoms with Gasteiger partial charge in [0.2, 0.25) is 5.91 Å². The number of benzene rings is 1. The topological polar surface area (TPSA) is 86.6 Å². The molecule has 0 bridgehead atoms. The maximum absolute atomic E-state index is 12.1. The molecule has 0 saturated heterocycles. The van der Waals surface area contributed by atoms with Crippen molar-refractivity contribution in [1.82, 2.24) is 0 Å². The maximum atomic E-state index is 12.1. The van der Waals surface area contributed by atoms with Crippen LogP contribution in [0.3, 0.4) is 0 Å². The fraction of sp³-hybridized carbons (Fsp3) is 0.391. The fourth-order valence-electron chi connectivity index (χ4n) is 6.49. The number of anilines is 1. The quantitative estimate of drug-likeness (QED) is 0.122. The van der Waals surface area contributed by atoms with Crippen LogP contribution in [0.25, 0.3) is 0 Å². The van der Waals surface area contributed by atoms with Crippen molar-refractivity contribution >= 4 is 17.6 Å². The number of carbonyl (C=O) groups is 2. The number of carbonyl (C=O) groups excluding carboxylic acids is 1. The van der Waals surface area contributed by atoms with Gasteiger partial charge in [-0.1, -0.05) is 111 Å². The van der Waals surface area contributed by atoms with Crippen molar-refractivity contribution in [2.45, 2.75) is 108 Å². The van der Waals surface area contributed by atoms with Gasteiger partial charge >= 0.3 is 5.97 Å². The molecule has 1 amide bonds. The number of hydrogen-bond donors (Lipinski definition) is 3. The van der Waals surface area contributed by atoms with Crippen molar-refractivity contribution in [3.63, 3.8) is 0 Å². The lowest BCUT2D eigenvalue weighted by atomic mass is 9.72. The second kappa shape index (κ2) is 20.3. The number of amides is 1. The number of allylic oxidation sites excluding steroid dienone is 18. The monoisotopic (exact) mass is 691 g/mol. The van der Waals surface area contributed by atoms with E-state index in [2.05, 4.69) is 91.1 Å². The first-order chi connectivity index (χ1) is 23.9. The second-order valence-corrected chi connectivity index (χ2v) is 15.2. The molecule has 0 spiro atoms. The number of rotatable bonds is 11. The number of nitrogens with one attached hydrogen (secondary N) is 1. The molecule has 274 valence electrons. The molecule has 0 fully saturated rings. The standard InChI is InChI=1S/C26H33NO2.C20H28O2/c1-19(11-16-24-21(3)10-7-17-26(24,4)5)8-6-9-20(2)18-25(29)27-22-12-14-23(28)15-13-22;1-15(8-6-9-16(2)14-19(21)22)11-12-18-17(3)10-7-13-20(18,4)5/h6,8-9,11-16,18,28H,7,10,17H2,1-5H3,(H,27,29);6,8-9,11-12,14H,7,10,13H2,1-5H3,(H,21,22)/b9-6+,16-11+,19-8+,20-18+;9-6+,12-11+,15-8-,16-14+. The number of hydrogen-bond acceptors (Lipinski definition) is 3. The van der Waals surface area contributed by atoms with Crippen LogP contribution < -0.4 is 5.32 Å². The number of aromatic hydroxyl groups is 1. The Morgan fingerprint density at radius 2 is 1.10 bits per heavy atom. The van der Waals surface area contributed by atoms with Crippen LogP contribution in [0.4, 0.5) is 5.69 Å². The minimum absolute atomic E-state index is 0.173. The summed E-state index contributed by atoms with van der Waals surface area (Å²) in [4.78, 5) is 22.6. The molecule has 2 aliphatic rings. The summed E-state index contributed by atoms with van der Waals surface area (Å²) < 4.78 is 0. The van der Waals surface area contributed by atoms with Gasteiger partial charge in [-0.15, -0.1) is 0 Å². The van der Waals surface area contributed by atoms with E-state index in [9.17, 15) is 14.7 Å². The average Bonchev–Trinajstić information content (AvgIpc) is 3.01. The highest BCUT2D eigenvalue weighted by molar-refractivity contribution is 6.00.